The molecule has 0 aliphatic carbocycles. The summed E-state index contributed by atoms with van der Waals surface area (Å²) in [6.45, 7) is 7.30. The Bertz CT molecular complexity index is 1660. The summed E-state index contributed by atoms with van der Waals surface area (Å²) in [4.78, 5) is 25.5. The highest BCUT2D eigenvalue weighted by Crippen LogP contribution is 2.37. The summed E-state index contributed by atoms with van der Waals surface area (Å²) in [5.41, 5.74) is 0.927. The van der Waals surface area contributed by atoms with Crippen LogP contribution in [0.5, 0.6) is 11.5 Å². The highest BCUT2D eigenvalue weighted by Gasteiger charge is 2.32. The van der Waals surface area contributed by atoms with Gasteiger partial charge in [0.15, 0.2) is 5.43 Å². The predicted molar refractivity (Wildman–Crippen MR) is 153 cm³/mol. The van der Waals surface area contributed by atoms with E-state index in [1.165, 1.54) is 19.1 Å². The van der Waals surface area contributed by atoms with Crippen LogP contribution in [-0.2, 0) is 10.9 Å². The van der Waals surface area contributed by atoms with Crippen molar-refractivity contribution in [3.8, 4) is 22.6 Å². The smallest absolute Gasteiger partial charge is 0.416 e. The topological polar surface area (TPSA) is 87.0 Å². The van der Waals surface area contributed by atoms with E-state index in [0.717, 1.165) is 23.4 Å². The van der Waals surface area contributed by atoms with Gasteiger partial charge in [0.2, 0.25) is 5.76 Å². The quantitative estimate of drug-likeness (QED) is 0.159. The highest BCUT2D eigenvalue weighted by molar-refractivity contribution is 5.93. The van der Waals surface area contributed by atoms with E-state index in [2.05, 4.69) is 5.32 Å². The number of aryl methyl sites for hydroxylation is 1. The standard InChI is InChI=1S/C32H32F3NO6/c1-6-40-31(38)30-19(3)28(37)27-16-22(12-18(2)29(27)42-30)23-13-24(32(33,34)35)17-26(15-23)41-11-10-36-20(4)21-8-7-9-25(14-21)39-5/h7-9,12-17,20,36H,6,10-11H2,1-5H3. The fraction of sp³-hybridized carbons (Fsp3) is 0.312. The first-order valence-electron chi connectivity index (χ1n) is 13.4. The summed E-state index contributed by atoms with van der Waals surface area (Å²) in [6.07, 6.45) is -4.62. The van der Waals surface area contributed by atoms with E-state index < -0.39 is 23.1 Å². The number of rotatable bonds is 10. The van der Waals surface area contributed by atoms with Gasteiger partial charge in [0.25, 0.3) is 0 Å². The van der Waals surface area contributed by atoms with E-state index in [-0.39, 0.29) is 52.9 Å². The minimum Gasteiger partial charge on any atom is -0.497 e. The zero-order valence-electron chi connectivity index (χ0n) is 24.0. The predicted octanol–water partition coefficient (Wildman–Crippen LogP) is 7.01. The molecule has 1 atom stereocenters. The van der Waals surface area contributed by atoms with Crippen LogP contribution in [0.3, 0.4) is 0 Å². The molecular formula is C32H32F3NO6. The highest BCUT2D eigenvalue weighted by atomic mass is 19.4. The van der Waals surface area contributed by atoms with Gasteiger partial charge in [-0.1, -0.05) is 12.1 Å². The van der Waals surface area contributed by atoms with Crippen LogP contribution >= 0.6 is 0 Å². The first-order chi connectivity index (χ1) is 19.9. The van der Waals surface area contributed by atoms with E-state index >= 15 is 0 Å². The molecule has 0 fully saturated rings. The molecule has 42 heavy (non-hydrogen) atoms. The molecule has 222 valence electrons. The summed E-state index contributed by atoms with van der Waals surface area (Å²) >= 11 is 0. The Hall–Kier alpha value is -4.31. The number of carbonyl (C=O) groups excluding carboxylic acids is 1. The maximum Gasteiger partial charge on any atom is 0.416 e. The molecule has 0 aliphatic rings. The first-order valence-corrected chi connectivity index (χ1v) is 13.4. The van der Waals surface area contributed by atoms with Crippen LogP contribution in [-0.4, -0.2) is 32.8 Å². The van der Waals surface area contributed by atoms with E-state index in [1.54, 1.807) is 27.0 Å². The SMILES string of the molecule is CCOC(=O)c1oc2c(C)cc(-c3cc(OCCNC(C)c4cccc(OC)c4)cc(C(F)(F)F)c3)cc2c(=O)c1C. The molecule has 0 saturated carbocycles. The number of benzene rings is 3. The zero-order chi connectivity index (χ0) is 30.6. The average molecular weight is 584 g/mol. The lowest BCUT2D eigenvalue weighted by Crippen LogP contribution is -2.24. The van der Waals surface area contributed by atoms with E-state index in [0.29, 0.717) is 17.7 Å². The summed E-state index contributed by atoms with van der Waals surface area (Å²) in [7, 11) is 1.59. The van der Waals surface area contributed by atoms with Gasteiger partial charge in [0, 0.05) is 18.2 Å². The molecule has 1 aromatic heterocycles. The second-order valence-corrected chi connectivity index (χ2v) is 9.82. The number of fused-ring (bicyclic) bond motifs is 1. The van der Waals surface area contributed by atoms with Crippen molar-refractivity contribution in [3.63, 3.8) is 0 Å². The van der Waals surface area contributed by atoms with Crippen molar-refractivity contribution in [1.29, 1.82) is 0 Å². The number of halogens is 3. The van der Waals surface area contributed by atoms with Gasteiger partial charge in [-0.2, -0.15) is 13.2 Å². The normalized spacial score (nSPS) is 12.3. The van der Waals surface area contributed by atoms with Crippen LogP contribution in [0.15, 0.2) is 63.8 Å². The van der Waals surface area contributed by atoms with Gasteiger partial charge in [0.05, 0.1) is 24.7 Å². The molecular weight excluding hydrogens is 551 g/mol. The Kier molecular flexibility index (Phi) is 9.26. The third kappa shape index (κ3) is 6.76. The Morgan fingerprint density at radius 3 is 2.45 bits per heavy atom. The largest absolute Gasteiger partial charge is 0.497 e. The number of ether oxygens (including phenoxy) is 3. The average Bonchev–Trinajstić information content (AvgIpc) is 2.96. The van der Waals surface area contributed by atoms with Crippen molar-refractivity contribution < 1.29 is 36.6 Å². The molecule has 1 unspecified atom stereocenters. The molecule has 7 nitrogen and oxygen atoms in total. The van der Waals surface area contributed by atoms with Crippen molar-refractivity contribution >= 4 is 16.9 Å². The molecule has 0 radical (unpaired) electrons. The second kappa shape index (κ2) is 12.7. The minimum absolute atomic E-state index is 0.0364. The fourth-order valence-corrected chi connectivity index (χ4v) is 4.61. The molecule has 1 N–H and O–H groups in total. The lowest BCUT2D eigenvalue weighted by Gasteiger charge is -2.17. The molecule has 3 aromatic carbocycles. The number of alkyl halides is 3. The van der Waals surface area contributed by atoms with Crippen LogP contribution in [0.1, 0.15) is 52.7 Å². The third-order valence-electron chi connectivity index (χ3n) is 6.85. The van der Waals surface area contributed by atoms with Crippen LogP contribution in [0, 0.1) is 13.8 Å². The first kappa shape index (κ1) is 30.6. The van der Waals surface area contributed by atoms with Crippen LogP contribution in [0.4, 0.5) is 13.2 Å². The maximum absolute atomic E-state index is 13.9. The van der Waals surface area contributed by atoms with Gasteiger partial charge in [-0.3, -0.25) is 4.79 Å². The fourth-order valence-electron chi connectivity index (χ4n) is 4.61. The monoisotopic (exact) mass is 583 g/mol. The molecule has 10 heteroatoms. The van der Waals surface area contributed by atoms with Crippen molar-refractivity contribution in [2.24, 2.45) is 0 Å². The molecule has 4 aromatic rings. The Labute approximate surface area is 241 Å². The molecule has 0 amide bonds. The van der Waals surface area contributed by atoms with Crippen LogP contribution < -0.4 is 20.2 Å². The Morgan fingerprint density at radius 1 is 1.02 bits per heavy atom. The van der Waals surface area contributed by atoms with Crippen LogP contribution in [0.2, 0.25) is 0 Å². The number of hydrogen-bond acceptors (Lipinski definition) is 7. The Morgan fingerprint density at radius 2 is 1.76 bits per heavy atom. The van der Waals surface area contributed by atoms with E-state index in [9.17, 15) is 22.8 Å². The van der Waals surface area contributed by atoms with Gasteiger partial charge < -0.3 is 23.9 Å². The lowest BCUT2D eigenvalue weighted by molar-refractivity contribution is -0.137. The molecule has 0 saturated heterocycles. The van der Waals surface area contributed by atoms with E-state index in [1.807, 2.05) is 31.2 Å². The minimum atomic E-state index is -4.62. The number of hydrogen-bond donors (Lipinski definition) is 1. The maximum atomic E-state index is 13.9. The summed E-state index contributed by atoms with van der Waals surface area (Å²) in [5.74, 6) is -0.196. The van der Waals surface area contributed by atoms with Gasteiger partial charge in [-0.05, 0) is 92.4 Å². The summed E-state index contributed by atoms with van der Waals surface area (Å²) in [5, 5.41) is 3.43. The van der Waals surface area contributed by atoms with Crippen molar-refractivity contribution in [1.82, 2.24) is 5.32 Å². The number of nitrogens with one attached hydrogen (secondary N) is 1. The Balaban J connectivity index is 1.62. The summed E-state index contributed by atoms with van der Waals surface area (Å²) in [6, 6.07) is 14.1. The van der Waals surface area contributed by atoms with Gasteiger partial charge >= 0.3 is 12.1 Å². The number of esters is 1. The second-order valence-electron chi connectivity index (χ2n) is 9.82. The zero-order valence-corrected chi connectivity index (χ0v) is 24.0. The van der Waals surface area contributed by atoms with Gasteiger partial charge in [-0.15, -0.1) is 0 Å². The van der Waals surface area contributed by atoms with Crippen molar-refractivity contribution in [3.05, 3.63) is 92.8 Å². The molecule has 0 spiro atoms. The van der Waals surface area contributed by atoms with Crippen molar-refractivity contribution in [2.75, 3.05) is 26.9 Å². The van der Waals surface area contributed by atoms with Gasteiger partial charge in [-0.25, -0.2) is 4.79 Å². The van der Waals surface area contributed by atoms with Crippen LogP contribution in [0.25, 0.3) is 22.1 Å². The van der Waals surface area contributed by atoms with E-state index in [4.69, 9.17) is 18.6 Å². The molecule has 0 aliphatic heterocycles. The van der Waals surface area contributed by atoms with Crippen molar-refractivity contribution in [2.45, 2.75) is 39.9 Å². The molecule has 1 heterocycles. The summed E-state index contributed by atoms with van der Waals surface area (Å²) < 4.78 is 63.3. The number of carbonyl (C=O) groups is 1. The molecule has 4 rings (SSSR count). The third-order valence-corrected chi connectivity index (χ3v) is 6.85. The number of methoxy groups -OCH3 is 1. The van der Waals surface area contributed by atoms with Gasteiger partial charge in [0.1, 0.15) is 23.7 Å². The molecule has 0 bridgehead atoms. The lowest BCUT2D eigenvalue weighted by atomic mass is 9.97.